The van der Waals surface area contributed by atoms with Gasteiger partial charge in [0.2, 0.25) is 0 Å². The number of amides is 1. The first-order valence-corrected chi connectivity index (χ1v) is 9.93. The Hall–Kier alpha value is -3.66. The molecule has 3 heterocycles. The molecule has 1 amide bonds. The van der Waals surface area contributed by atoms with Crippen LogP contribution in [0.1, 0.15) is 37.7 Å². The number of fused-ring (bicyclic) bond motifs is 1. The van der Waals surface area contributed by atoms with E-state index in [4.69, 9.17) is 4.74 Å². The molecule has 0 saturated carbocycles. The van der Waals surface area contributed by atoms with Gasteiger partial charge in [0.25, 0.3) is 12.3 Å². The van der Waals surface area contributed by atoms with Crippen LogP contribution in [0.2, 0.25) is 0 Å². The Morgan fingerprint density at radius 1 is 1.16 bits per heavy atom. The normalized spacial score (nSPS) is 11.1. The second-order valence-corrected chi connectivity index (χ2v) is 7.83. The van der Waals surface area contributed by atoms with Gasteiger partial charge in [0.15, 0.2) is 5.65 Å². The van der Waals surface area contributed by atoms with Crippen LogP contribution in [0.4, 0.5) is 13.8 Å². The molecule has 0 spiro atoms. The van der Waals surface area contributed by atoms with Crippen LogP contribution in [0.15, 0.2) is 48.7 Å². The van der Waals surface area contributed by atoms with Gasteiger partial charge in [-0.25, -0.2) is 23.1 Å². The third-order valence-corrected chi connectivity index (χ3v) is 5.49. The van der Waals surface area contributed by atoms with Gasteiger partial charge in [-0.05, 0) is 19.1 Å². The number of methoxy groups -OCH3 is 1. The summed E-state index contributed by atoms with van der Waals surface area (Å²) in [5, 5.41) is 6.88. The van der Waals surface area contributed by atoms with Crippen LogP contribution in [-0.2, 0) is 4.74 Å². The lowest BCUT2D eigenvalue weighted by Crippen LogP contribution is -2.14. The number of nitrogens with zero attached hydrogens (tertiary/aromatic N) is 3. The molecule has 0 aliphatic carbocycles. The van der Waals surface area contributed by atoms with Crippen LogP contribution >= 0.6 is 11.3 Å². The molecule has 4 aromatic rings. The molecule has 0 unspecified atom stereocenters. The number of esters is 1. The fourth-order valence-corrected chi connectivity index (χ4v) is 3.99. The number of ether oxygens (including phenoxy) is 1. The summed E-state index contributed by atoms with van der Waals surface area (Å²) in [5.74, 6) is -1.22. The summed E-state index contributed by atoms with van der Waals surface area (Å²) in [6.45, 7) is 1.78. The summed E-state index contributed by atoms with van der Waals surface area (Å²) < 4.78 is 33.1. The van der Waals surface area contributed by atoms with Gasteiger partial charge in [-0.1, -0.05) is 30.3 Å². The van der Waals surface area contributed by atoms with E-state index in [1.165, 1.54) is 30.7 Å². The van der Waals surface area contributed by atoms with E-state index in [1.807, 2.05) is 0 Å². The van der Waals surface area contributed by atoms with E-state index in [9.17, 15) is 18.4 Å². The standard InChI is InChI=1S/C21H16F2N4O3S/c1-11-8-13(21(29)30-2)20(31-11)26-19(28)14-10-24-27-16(17(22)23)9-15(25-18(14)27)12-6-4-3-5-7-12/h3-10,17H,1-2H3,(H,26,28). The number of aromatic nitrogens is 3. The van der Waals surface area contributed by atoms with Gasteiger partial charge in [0.1, 0.15) is 16.3 Å². The van der Waals surface area contributed by atoms with Gasteiger partial charge in [-0.3, -0.25) is 4.79 Å². The fourth-order valence-electron chi connectivity index (χ4n) is 3.10. The minimum Gasteiger partial charge on any atom is -0.465 e. The van der Waals surface area contributed by atoms with E-state index in [1.54, 1.807) is 43.3 Å². The zero-order valence-corrected chi connectivity index (χ0v) is 17.2. The quantitative estimate of drug-likeness (QED) is 0.451. The van der Waals surface area contributed by atoms with Crippen LogP contribution in [0, 0.1) is 6.92 Å². The van der Waals surface area contributed by atoms with Crippen molar-refractivity contribution in [3.05, 3.63) is 70.4 Å². The molecule has 7 nitrogen and oxygen atoms in total. The first kappa shape index (κ1) is 20.6. The molecule has 0 bridgehead atoms. The molecule has 0 radical (unpaired) electrons. The third-order valence-electron chi connectivity index (χ3n) is 4.52. The monoisotopic (exact) mass is 442 g/mol. The number of benzene rings is 1. The Bertz CT molecular complexity index is 1280. The maximum Gasteiger partial charge on any atom is 0.340 e. The molecule has 158 valence electrons. The summed E-state index contributed by atoms with van der Waals surface area (Å²) in [6, 6.07) is 11.7. The molecule has 1 aromatic carbocycles. The van der Waals surface area contributed by atoms with Gasteiger partial charge in [0.05, 0.1) is 24.6 Å². The Morgan fingerprint density at radius 3 is 2.58 bits per heavy atom. The molecular weight excluding hydrogens is 426 g/mol. The maximum atomic E-state index is 13.7. The molecule has 0 atom stereocenters. The van der Waals surface area contributed by atoms with Crippen molar-refractivity contribution < 1.29 is 23.1 Å². The maximum absolute atomic E-state index is 13.7. The lowest BCUT2D eigenvalue weighted by molar-refractivity contribution is 0.0602. The molecular formula is C21H16F2N4O3S. The van der Waals surface area contributed by atoms with Crippen molar-refractivity contribution >= 4 is 33.9 Å². The summed E-state index contributed by atoms with van der Waals surface area (Å²) >= 11 is 1.20. The molecule has 0 saturated heterocycles. The minimum atomic E-state index is -2.82. The Labute approximate surface area is 179 Å². The number of halogens is 2. The molecule has 4 rings (SSSR count). The minimum absolute atomic E-state index is 0.00144. The van der Waals surface area contributed by atoms with E-state index in [0.29, 0.717) is 16.3 Å². The number of rotatable bonds is 5. The van der Waals surface area contributed by atoms with Crippen molar-refractivity contribution in [2.45, 2.75) is 13.3 Å². The zero-order chi connectivity index (χ0) is 22.1. The second-order valence-electron chi connectivity index (χ2n) is 6.57. The number of anilines is 1. The van der Waals surface area contributed by atoms with Crippen molar-refractivity contribution in [3.8, 4) is 11.3 Å². The number of nitrogens with one attached hydrogen (secondary N) is 1. The van der Waals surface area contributed by atoms with E-state index in [-0.39, 0.29) is 22.5 Å². The predicted molar refractivity (Wildman–Crippen MR) is 112 cm³/mol. The molecule has 0 aliphatic heterocycles. The van der Waals surface area contributed by atoms with Crippen molar-refractivity contribution in [3.63, 3.8) is 0 Å². The average molecular weight is 442 g/mol. The molecule has 0 fully saturated rings. The van der Waals surface area contributed by atoms with Gasteiger partial charge in [0, 0.05) is 10.4 Å². The summed E-state index contributed by atoms with van der Waals surface area (Å²) in [7, 11) is 1.24. The predicted octanol–water partition coefficient (Wildman–Crippen LogP) is 4.74. The summed E-state index contributed by atoms with van der Waals surface area (Å²) in [5.41, 5.74) is 0.733. The molecule has 1 N–H and O–H groups in total. The molecule has 31 heavy (non-hydrogen) atoms. The Morgan fingerprint density at radius 2 is 1.90 bits per heavy atom. The number of aryl methyl sites for hydroxylation is 1. The van der Waals surface area contributed by atoms with E-state index >= 15 is 0 Å². The first-order valence-electron chi connectivity index (χ1n) is 9.11. The number of alkyl halides is 2. The lowest BCUT2D eigenvalue weighted by Gasteiger charge is -2.09. The highest BCUT2D eigenvalue weighted by atomic mass is 32.1. The highest BCUT2D eigenvalue weighted by molar-refractivity contribution is 7.16. The Balaban J connectivity index is 1.79. The topological polar surface area (TPSA) is 85.6 Å². The number of hydrogen-bond donors (Lipinski definition) is 1. The van der Waals surface area contributed by atoms with Crippen LogP contribution in [0.25, 0.3) is 16.9 Å². The van der Waals surface area contributed by atoms with Gasteiger partial charge >= 0.3 is 5.97 Å². The van der Waals surface area contributed by atoms with E-state index in [0.717, 1.165) is 9.39 Å². The van der Waals surface area contributed by atoms with E-state index < -0.39 is 18.3 Å². The SMILES string of the molecule is COC(=O)c1cc(C)sc1NC(=O)c1cnn2c(C(F)F)cc(-c3ccccc3)nc12. The van der Waals surface area contributed by atoms with Crippen molar-refractivity contribution in [2.75, 3.05) is 12.4 Å². The number of carbonyl (C=O) groups excluding carboxylic acids is 2. The van der Waals surface area contributed by atoms with Crippen molar-refractivity contribution in [1.29, 1.82) is 0 Å². The third kappa shape index (κ3) is 3.89. The first-order chi connectivity index (χ1) is 14.9. The highest BCUT2D eigenvalue weighted by Crippen LogP contribution is 2.30. The molecule has 10 heteroatoms. The largest absolute Gasteiger partial charge is 0.465 e. The van der Waals surface area contributed by atoms with Gasteiger partial charge < -0.3 is 10.1 Å². The number of carbonyl (C=O) groups is 2. The fraction of sp³-hybridized carbons (Fsp3) is 0.143. The number of hydrogen-bond acceptors (Lipinski definition) is 6. The van der Waals surface area contributed by atoms with Crippen LogP contribution in [-0.4, -0.2) is 33.6 Å². The van der Waals surface area contributed by atoms with Crippen LogP contribution < -0.4 is 5.32 Å². The van der Waals surface area contributed by atoms with Crippen molar-refractivity contribution in [1.82, 2.24) is 14.6 Å². The average Bonchev–Trinajstić information content (AvgIpc) is 3.36. The van der Waals surface area contributed by atoms with E-state index in [2.05, 4.69) is 15.4 Å². The summed E-state index contributed by atoms with van der Waals surface area (Å²) in [4.78, 5) is 30.1. The zero-order valence-electron chi connectivity index (χ0n) is 16.4. The highest BCUT2D eigenvalue weighted by Gasteiger charge is 2.23. The smallest absolute Gasteiger partial charge is 0.340 e. The summed E-state index contributed by atoms with van der Waals surface area (Å²) in [6.07, 6.45) is -1.65. The molecule has 0 aliphatic rings. The van der Waals surface area contributed by atoms with Crippen molar-refractivity contribution in [2.24, 2.45) is 0 Å². The lowest BCUT2D eigenvalue weighted by atomic mass is 10.1. The second kappa shape index (κ2) is 8.23. The Kier molecular flexibility index (Phi) is 5.47. The van der Waals surface area contributed by atoms with Gasteiger partial charge in [-0.2, -0.15) is 5.10 Å². The molecule has 3 aromatic heterocycles. The number of thiophene rings is 1. The van der Waals surface area contributed by atoms with Crippen LogP contribution in [0.3, 0.4) is 0 Å². The van der Waals surface area contributed by atoms with Crippen LogP contribution in [0.5, 0.6) is 0 Å². The van der Waals surface area contributed by atoms with Gasteiger partial charge in [-0.15, -0.1) is 11.3 Å².